The third-order valence-corrected chi connectivity index (χ3v) is 8.41. The maximum Gasteiger partial charge on any atom is 0.410 e. The number of carbonyl (C=O) groups is 3. The van der Waals surface area contributed by atoms with Gasteiger partial charge in [0.2, 0.25) is 5.88 Å². The maximum absolute atomic E-state index is 13.5. The SMILES string of the molecule is CC(=O)Oc1cc(C2CCC2)ccc1-n1nc2c3c1CCN(C(=O)OC(C)(C)C)[C@H]3CN(C(=O)OCc1ccccc1)CCO2. The Hall–Kier alpha value is -4.54. The molecule has 0 unspecified atom stereocenters. The monoisotopic (exact) mass is 616 g/mol. The summed E-state index contributed by atoms with van der Waals surface area (Å²) in [6, 6.07) is 14.8. The number of ether oxygens (including phenoxy) is 4. The van der Waals surface area contributed by atoms with E-state index in [1.807, 2.05) is 63.2 Å². The van der Waals surface area contributed by atoms with Crippen LogP contribution in [0.1, 0.15) is 81.3 Å². The van der Waals surface area contributed by atoms with Crippen molar-refractivity contribution >= 4 is 18.2 Å². The molecule has 11 nitrogen and oxygen atoms in total. The Bertz CT molecular complexity index is 1580. The van der Waals surface area contributed by atoms with Gasteiger partial charge in [-0.3, -0.25) is 9.69 Å². The number of benzene rings is 2. The van der Waals surface area contributed by atoms with Gasteiger partial charge in [-0.15, -0.1) is 5.10 Å². The van der Waals surface area contributed by atoms with Gasteiger partial charge in [-0.2, -0.15) is 0 Å². The number of amides is 2. The molecule has 0 N–H and O–H groups in total. The Morgan fingerprint density at radius 1 is 1.02 bits per heavy atom. The van der Waals surface area contributed by atoms with Crippen LogP contribution in [0.5, 0.6) is 11.6 Å². The Morgan fingerprint density at radius 3 is 2.49 bits per heavy atom. The normalized spacial score (nSPS) is 18.1. The van der Waals surface area contributed by atoms with E-state index in [0.29, 0.717) is 41.8 Å². The Labute approximate surface area is 263 Å². The van der Waals surface area contributed by atoms with E-state index in [9.17, 15) is 14.4 Å². The zero-order valence-electron chi connectivity index (χ0n) is 26.3. The van der Waals surface area contributed by atoms with Crippen LogP contribution in [0.3, 0.4) is 0 Å². The topological polar surface area (TPSA) is 112 Å². The van der Waals surface area contributed by atoms with Gasteiger partial charge in [0.05, 0.1) is 23.8 Å². The van der Waals surface area contributed by atoms with Crippen LogP contribution in [0.15, 0.2) is 48.5 Å². The molecule has 0 spiro atoms. The fourth-order valence-corrected chi connectivity index (χ4v) is 6.06. The third-order valence-electron chi connectivity index (χ3n) is 8.41. The van der Waals surface area contributed by atoms with Gasteiger partial charge in [-0.1, -0.05) is 42.8 Å². The van der Waals surface area contributed by atoms with E-state index >= 15 is 0 Å². The minimum Gasteiger partial charge on any atom is -0.474 e. The molecule has 2 aliphatic heterocycles. The first-order valence-electron chi connectivity index (χ1n) is 15.6. The Kier molecular flexibility index (Phi) is 8.44. The van der Waals surface area contributed by atoms with E-state index < -0.39 is 29.8 Å². The number of nitrogens with zero attached hydrogens (tertiary/aromatic N) is 4. The predicted octanol–water partition coefficient (Wildman–Crippen LogP) is 5.93. The van der Waals surface area contributed by atoms with Crippen LogP contribution >= 0.6 is 0 Å². The standard InChI is InChI=1S/C34H40N4O7/c1-22(39)44-29-19-25(24-11-8-12-24)13-14-26(29)38-27-15-16-37(33(41)45-34(2,3)4)28-20-36(17-18-42-31(35-38)30(27)28)32(40)43-21-23-9-6-5-7-10-23/h5-7,9-10,13-14,19,24,28H,8,11-12,15-18,20-21H2,1-4H3/t28-/m0/s1. The van der Waals surface area contributed by atoms with Gasteiger partial charge >= 0.3 is 18.2 Å². The summed E-state index contributed by atoms with van der Waals surface area (Å²) < 4.78 is 25.1. The quantitative estimate of drug-likeness (QED) is 0.256. The van der Waals surface area contributed by atoms with Crippen LogP contribution < -0.4 is 9.47 Å². The lowest BCUT2D eigenvalue weighted by Crippen LogP contribution is -2.49. The Balaban J connectivity index is 1.37. The highest BCUT2D eigenvalue weighted by atomic mass is 16.6. The van der Waals surface area contributed by atoms with Crippen molar-refractivity contribution in [2.45, 2.75) is 77.5 Å². The first-order valence-corrected chi connectivity index (χ1v) is 15.6. The second kappa shape index (κ2) is 12.5. The molecule has 3 heterocycles. The van der Waals surface area contributed by atoms with Crippen LogP contribution in [0.4, 0.5) is 9.59 Å². The fraction of sp³-hybridized carbons (Fsp3) is 0.471. The van der Waals surface area contributed by atoms with Gasteiger partial charge in [0.25, 0.3) is 0 Å². The van der Waals surface area contributed by atoms with Crippen molar-refractivity contribution in [1.29, 1.82) is 0 Å². The number of aromatic nitrogens is 2. The molecular formula is C34H40N4O7. The molecule has 6 rings (SSSR count). The van der Waals surface area contributed by atoms with Crippen molar-refractivity contribution in [3.05, 3.63) is 70.9 Å². The van der Waals surface area contributed by atoms with Crippen LogP contribution in [0.25, 0.3) is 5.69 Å². The van der Waals surface area contributed by atoms with Crippen molar-refractivity contribution in [2.75, 3.05) is 26.2 Å². The fourth-order valence-electron chi connectivity index (χ4n) is 6.06. The maximum atomic E-state index is 13.5. The molecule has 2 amide bonds. The highest BCUT2D eigenvalue weighted by Gasteiger charge is 2.42. The first-order chi connectivity index (χ1) is 21.6. The number of carbonyl (C=O) groups excluding carboxylic acids is 3. The van der Waals surface area contributed by atoms with E-state index in [0.717, 1.165) is 29.7 Å². The summed E-state index contributed by atoms with van der Waals surface area (Å²) in [5.41, 5.74) is 3.43. The second-order valence-corrected chi connectivity index (χ2v) is 12.8. The van der Waals surface area contributed by atoms with E-state index in [1.165, 1.54) is 13.3 Å². The lowest BCUT2D eigenvalue weighted by atomic mass is 9.80. The summed E-state index contributed by atoms with van der Waals surface area (Å²) in [5, 5.41) is 4.86. The summed E-state index contributed by atoms with van der Waals surface area (Å²) in [6.45, 7) is 7.89. The van der Waals surface area contributed by atoms with Crippen molar-refractivity contribution in [2.24, 2.45) is 0 Å². The van der Waals surface area contributed by atoms with E-state index in [1.54, 1.807) is 14.5 Å². The molecule has 1 atom stereocenters. The van der Waals surface area contributed by atoms with E-state index in [4.69, 9.17) is 24.0 Å². The summed E-state index contributed by atoms with van der Waals surface area (Å²) >= 11 is 0. The van der Waals surface area contributed by atoms with Crippen molar-refractivity contribution in [1.82, 2.24) is 19.6 Å². The van der Waals surface area contributed by atoms with Gasteiger partial charge < -0.3 is 23.8 Å². The molecule has 1 fully saturated rings. The van der Waals surface area contributed by atoms with E-state index in [2.05, 4.69) is 6.07 Å². The summed E-state index contributed by atoms with van der Waals surface area (Å²) in [4.78, 5) is 42.3. The number of rotatable bonds is 5. The molecule has 0 saturated heterocycles. The zero-order valence-corrected chi connectivity index (χ0v) is 26.3. The van der Waals surface area contributed by atoms with Crippen molar-refractivity contribution in [3.8, 4) is 17.3 Å². The average molecular weight is 617 g/mol. The van der Waals surface area contributed by atoms with Gasteiger partial charge in [0, 0.05) is 26.4 Å². The van der Waals surface area contributed by atoms with Crippen molar-refractivity contribution < 1.29 is 33.3 Å². The van der Waals surface area contributed by atoms with Gasteiger partial charge in [-0.05, 0) is 62.8 Å². The van der Waals surface area contributed by atoms with Crippen LogP contribution in [0, 0.1) is 0 Å². The predicted molar refractivity (Wildman–Crippen MR) is 165 cm³/mol. The van der Waals surface area contributed by atoms with Crippen LogP contribution in [-0.2, 0) is 27.3 Å². The highest BCUT2D eigenvalue weighted by Crippen LogP contribution is 2.43. The first kappa shape index (κ1) is 30.5. The molecule has 2 aromatic carbocycles. The molecule has 11 heteroatoms. The molecule has 238 valence electrons. The largest absolute Gasteiger partial charge is 0.474 e. The molecule has 3 aromatic rings. The molecule has 1 aromatic heterocycles. The van der Waals surface area contributed by atoms with Crippen molar-refractivity contribution in [3.63, 3.8) is 0 Å². The smallest absolute Gasteiger partial charge is 0.410 e. The average Bonchev–Trinajstić information content (AvgIpc) is 3.31. The highest BCUT2D eigenvalue weighted by molar-refractivity contribution is 5.73. The summed E-state index contributed by atoms with van der Waals surface area (Å²) in [5.74, 6) is 0.830. The molecule has 1 aliphatic carbocycles. The molecule has 1 saturated carbocycles. The second-order valence-electron chi connectivity index (χ2n) is 12.8. The third kappa shape index (κ3) is 6.62. The lowest BCUT2D eigenvalue weighted by molar-refractivity contribution is -0.131. The number of hydrogen-bond acceptors (Lipinski definition) is 8. The molecule has 3 aliphatic rings. The van der Waals surface area contributed by atoms with Gasteiger partial charge in [0.15, 0.2) is 5.75 Å². The molecule has 0 radical (unpaired) electrons. The minimum atomic E-state index is -0.710. The molecular weight excluding hydrogens is 576 g/mol. The zero-order chi connectivity index (χ0) is 31.7. The summed E-state index contributed by atoms with van der Waals surface area (Å²) in [6.07, 6.45) is 2.87. The van der Waals surface area contributed by atoms with Gasteiger partial charge in [-0.25, -0.2) is 14.3 Å². The van der Waals surface area contributed by atoms with Crippen LogP contribution in [0.2, 0.25) is 0 Å². The summed E-state index contributed by atoms with van der Waals surface area (Å²) in [7, 11) is 0. The molecule has 0 bridgehead atoms. The lowest BCUT2D eigenvalue weighted by Gasteiger charge is -2.40. The van der Waals surface area contributed by atoms with E-state index in [-0.39, 0.29) is 26.3 Å². The number of esters is 1. The van der Waals surface area contributed by atoms with Gasteiger partial charge in [0.1, 0.15) is 24.5 Å². The van der Waals surface area contributed by atoms with Crippen LogP contribution in [-0.4, -0.2) is 69.6 Å². The Morgan fingerprint density at radius 2 is 1.80 bits per heavy atom. The number of hydrogen-bond donors (Lipinski definition) is 0. The minimum absolute atomic E-state index is 0.127. The molecule has 45 heavy (non-hydrogen) atoms.